The number of non-ortho nitro benzene ring substituents is 1. The Morgan fingerprint density at radius 1 is 1.00 bits per heavy atom. The molecule has 0 spiro atoms. The number of benzene rings is 3. The summed E-state index contributed by atoms with van der Waals surface area (Å²) >= 11 is 0. The molecule has 1 unspecified atom stereocenters. The van der Waals surface area contributed by atoms with E-state index in [-0.39, 0.29) is 23.6 Å². The van der Waals surface area contributed by atoms with Gasteiger partial charge < -0.3 is 10.0 Å². The summed E-state index contributed by atoms with van der Waals surface area (Å²) in [6.07, 6.45) is 0.515. The number of nitro groups is 1. The van der Waals surface area contributed by atoms with Gasteiger partial charge in [-0.2, -0.15) is 0 Å². The average molecular weight is 456 g/mol. The predicted octanol–water partition coefficient (Wildman–Crippen LogP) is 4.88. The lowest BCUT2D eigenvalue weighted by molar-refractivity contribution is -0.384. The van der Waals surface area contributed by atoms with Gasteiger partial charge in [0.2, 0.25) is 0 Å². The van der Waals surface area contributed by atoms with E-state index in [1.54, 1.807) is 6.07 Å². The lowest BCUT2D eigenvalue weighted by Crippen LogP contribution is -2.31. The summed E-state index contributed by atoms with van der Waals surface area (Å²) in [6.45, 7) is 3.95. The summed E-state index contributed by atoms with van der Waals surface area (Å²) in [6, 6.07) is 20.0. The molecule has 1 aliphatic heterocycles. The zero-order valence-electron chi connectivity index (χ0n) is 18.9. The predicted molar refractivity (Wildman–Crippen MR) is 128 cm³/mol. The molecule has 3 aromatic carbocycles. The minimum Gasteiger partial charge on any atom is -0.507 e. The average Bonchev–Trinajstić information content (AvgIpc) is 3.09. The molecule has 0 saturated carbocycles. The van der Waals surface area contributed by atoms with Crippen LogP contribution in [0.3, 0.4) is 0 Å². The van der Waals surface area contributed by atoms with Crippen LogP contribution in [0.1, 0.15) is 33.9 Å². The molecular weight excluding hydrogens is 432 g/mol. The Kier molecular flexibility index (Phi) is 6.27. The number of hydrogen-bond acceptors (Lipinski definition) is 5. The fourth-order valence-electron chi connectivity index (χ4n) is 4.27. The maximum atomic E-state index is 13.2. The minimum atomic E-state index is -0.857. The topological polar surface area (TPSA) is 101 Å². The third-order valence-corrected chi connectivity index (χ3v) is 6.09. The number of nitro benzene ring substituents is 1. The van der Waals surface area contributed by atoms with Gasteiger partial charge in [-0.15, -0.1) is 0 Å². The lowest BCUT2D eigenvalue weighted by Gasteiger charge is -2.25. The van der Waals surface area contributed by atoms with Crippen molar-refractivity contribution < 1.29 is 19.6 Å². The fourth-order valence-corrected chi connectivity index (χ4v) is 4.27. The zero-order valence-corrected chi connectivity index (χ0v) is 18.9. The molecule has 1 saturated heterocycles. The smallest absolute Gasteiger partial charge is 0.295 e. The van der Waals surface area contributed by atoms with Gasteiger partial charge in [-0.3, -0.25) is 19.7 Å². The Morgan fingerprint density at radius 3 is 2.32 bits per heavy atom. The van der Waals surface area contributed by atoms with E-state index in [0.29, 0.717) is 17.5 Å². The molecule has 1 aliphatic rings. The first-order valence-electron chi connectivity index (χ1n) is 10.9. The van der Waals surface area contributed by atoms with Crippen LogP contribution in [-0.2, 0) is 16.0 Å². The number of Topliss-reactive ketones (excluding diaryl/α,β-unsaturated/α-hetero) is 1. The Bertz CT molecular complexity index is 1300. The van der Waals surface area contributed by atoms with Gasteiger partial charge >= 0.3 is 0 Å². The molecular formula is C27H24N2O5. The van der Waals surface area contributed by atoms with Crippen LogP contribution < -0.4 is 0 Å². The summed E-state index contributed by atoms with van der Waals surface area (Å²) in [5.74, 6) is -1.72. The normalized spacial score (nSPS) is 17.2. The molecule has 34 heavy (non-hydrogen) atoms. The number of nitrogens with zero attached hydrogens (tertiary/aromatic N) is 2. The third-order valence-electron chi connectivity index (χ3n) is 6.09. The number of carbonyl (C=O) groups excluding carboxylic acids is 2. The second-order valence-corrected chi connectivity index (χ2v) is 8.40. The standard InChI is InChI=1S/C27H24N2O5/c1-17-8-9-18(2)22(16-17)25(30)23-24(20-10-12-21(13-11-20)29(33)34)28(27(32)26(23)31)15-14-19-6-4-3-5-7-19/h3-13,16,24,30H,14-15H2,1-2H3. The maximum Gasteiger partial charge on any atom is 0.295 e. The molecule has 3 aromatic rings. The quantitative estimate of drug-likeness (QED) is 0.187. The first-order valence-corrected chi connectivity index (χ1v) is 10.9. The van der Waals surface area contributed by atoms with Crippen molar-refractivity contribution in [2.75, 3.05) is 6.54 Å². The van der Waals surface area contributed by atoms with E-state index in [2.05, 4.69) is 0 Å². The van der Waals surface area contributed by atoms with E-state index in [4.69, 9.17) is 0 Å². The highest BCUT2D eigenvalue weighted by atomic mass is 16.6. The van der Waals surface area contributed by atoms with E-state index in [0.717, 1.165) is 16.7 Å². The van der Waals surface area contributed by atoms with Crippen LogP contribution in [0.2, 0.25) is 0 Å². The van der Waals surface area contributed by atoms with E-state index in [1.807, 2.05) is 56.3 Å². The maximum absolute atomic E-state index is 13.2. The number of carbonyl (C=O) groups is 2. The van der Waals surface area contributed by atoms with Gasteiger partial charge in [0.25, 0.3) is 17.4 Å². The molecule has 1 amide bonds. The van der Waals surface area contributed by atoms with Gasteiger partial charge in [-0.25, -0.2) is 0 Å². The van der Waals surface area contributed by atoms with Crippen LogP contribution in [0.25, 0.3) is 5.76 Å². The largest absolute Gasteiger partial charge is 0.507 e. The molecule has 1 fully saturated rings. The van der Waals surface area contributed by atoms with Crippen molar-refractivity contribution in [2.45, 2.75) is 26.3 Å². The molecule has 4 rings (SSSR count). The van der Waals surface area contributed by atoms with Gasteiger partial charge in [0.05, 0.1) is 16.5 Å². The van der Waals surface area contributed by atoms with E-state index >= 15 is 0 Å². The Hall–Kier alpha value is -4.26. The third kappa shape index (κ3) is 4.32. The van der Waals surface area contributed by atoms with Gasteiger partial charge in [-0.1, -0.05) is 48.0 Å². The number of rotatable bonds is 6. The summed E-state index contributed by atoms with van der Waals surface area (Å²) in [5.41, 5.74) is 3.55. The summed E-state index contributed by atoms with van der Waals surface area (Å²) in [5, 5.41) is 22.4. The molecule has 1 N–H and O–H groups in total. The molecule has 0 aromatic heterocycles. The van der Waals surface area contributed by atoms with E-state index in [1.165, 1.54) is 29.2 Å². The fraction of sp³-hybridized carbons (Fsp3) is 0.185. The monoisotopic (exact) mass is 456 g/mol. The first-order chi connectivity index (χ1) is 16.3. The van der Waals surface area contributed by atoms with Crippen molar-refractivity contribution in [2.24, 2.45) is 0 Å². The highest BCUT2D eigenvalue weighted by Crippen LogP contribution is 2.40. The Labute approximate surface area is 197 Å². The molecule has 1 heterocycles. The van der Waals surface area contributed by atoms with Crippen LogP contribution in [0, 0.1) is 24.0 Å². The molecule has 172 valence electrons. The van der Waals surface area contributed by atoms with Crippen molar-refractivity contribution in [1.82, 2.24) is 4.90 Å². The number of hydrogen-bond donors (Lipinski definition) is 1. The second-order valence-electron chi connectivity index (χ2n) is 8.40. The van der Waals surface area contributed by atoms with Gasteiger partial charge in [0.1, 0.15) is 5.76 Å². The number of aliphatic hydroxyl groups is 1. The molecule has 0 aliphatic carbocycles. The Balaban J connectivity index is 1.83. The Morgan fingerprint density at radius 2 is 1.68 bits per heavy atom. The summed E-state index contributed by atoms with van der Waals surface area (Å²) in [4.78, 5) is 38.3. The van der Waals surface area contributed by atoms with Crippen molar-refractivity contribution in [1.29, 1.82) is 0 Å². The van der Waals surface area contributed by atoms with Crippen molar-refractivity contribution in [3.05, 3.63) is 116 Å². The van der Waals surface area contributed by atoms with Crippen LogP contribution in [0.5, 0.6) is 0 Å². The lowest BCUT2D eigenvalue weighted by atomic mass is 9.93. The molecule has 1 atom stereocenters. The van der Waals surface area contributed by atoms with Crippen molar-refractivity contribution in [3.63, 3.8) is 0 Å². The second kappa shape index (κ2) is 9.31. The summed E-state index contributed by atoms with van der Waals surface area (Å²) < 4.78 is 0. The first kappa shape index (κ1) is 22.9. The van der Waals surface area contributed by atoms with Crippen molar-refractivity contribution >= 4 is 23.1 Å². The number of amides is 1. The molecule has 0 bridgehead atoms. The molecule has 7 nitrogen and oxygen atoms in total. The van der Waals surface area contributed by atoms with Crippen molar-refractivity contribution in [3.8, 4) is 0 Å². The van der Waals surface area contributed by atoms with Crippen LogP contribution in [-0.4, -0.2) is 33.2 Å². The highest BCUT2D eigenvalue weighted by molar-refractivity contribution is 6.46. The molecule has 7 heteroatoms. The van der Waals surface area contributed by atoms with Crippen LogP contribution in [0.4, 0.5) is 5.69 Å². The minimum absolute atomic E-state index is 0.0133. The van der Waals surface area contributed by atoms with Gasteiger partial charge in [0.15, 0.2) is 0 Å². The van der Waals surface area contributed by atoms with Crippen LogP contribution in [0.15, 0.2) is 78.4 Å². The van der Waals surface area contributed by atoms with E-state index in [9.17, 15) is 24.8 Å². The number of likely N-dealkylation sites (tertiary alicyclic amines) is 1. The number of aryl methyl sites for hydroxylation is 2. The summed E-state index contributed by atoms with van der Waals surface area (Å²) in [7, 11) is 0. The molecule has 0 radical (unpaired) electrons. The van der Waals surface area contributed by atoms with Gasteiger partial charge in [-0.05, 0) is 55.2 Å². The SMILES string of the molecule is Cc1ccc(C)c(C(O)=C2C(=O)C(=O)N(CCc3ccccc3)C2c2ccc([N+](=O)[O-])cc2)c1. The zero-order chi connectivity index (χ0) is 24.4. The van der Waals surface area contributed by atoms with E-state index < -0.39 is 22.7 Å². The highest BCUT2D eigenvalue weighted by Gasteiger charge is 2.46. The van der Waals surface area contributed by atoms with Crippen LogP contribution >= 0.6 is 0 Å². The number of aliphatic hydroxyl groups excluding tert-OH is 1. The van der Waals surface area contributed by atoms with Gasteiger partial charge in [0, 0.05) is 24.2 Å². The number of ketones is 1.